The number of thiophene rings is 1. The molecule has 0 saturated heterocycles. The maximum Gasteiger partial charge on any atom is 0.259 e. The fourth-order valence-electron chi connectivity index (χ4n) is 3.27. The van der Waals surface area contributed by atoms with Gasteiger partial charge < -0.3 is 11.5 Å². The molecule has 9 heteroatoms. The van der Waals surface area contributed by atoms with Gasteiger partial charge in [-0.1, -0.05) is 35.3 Å². The maximum absolute atomic E-state index is 13.3. The first kappa shape index (κ1) is 20.8. The van der Waals surface area contributed by atoms with Gasteiger partial charge in [0.15, 0.2) is 0 Å². The van der Waals surface area contributed by atoms with E-state index in [4.69, 9.17) is 34.7 Å². The lowest BCUT2D eigenvalue weighted by atomic mass is 9.88. The van der Waals surface area contributed by atoms with Gasteiger partial charge >= 0.3 is 0 Å². The third kappa shape index (κ3) is 3.93. The van der Waals surface area contributed by atoms with Gasteiger partial charge in [-0.25, -0.2) is 4.39 Å². The van der Waals surface area contributed by atoms with Crippen LogP contribution >= 0.6 is 34.5 Å². The molecule has 0 radical (unpaired) electrons. The number of halogens is 3. The summed E-state index contributed by atoms with van der Waals surface area (Å²) < 4.78 is 15.4. The number of aromatic nitrogens is 2. The lowest BCUT2D eigenvalue weighted by Gasteiger charge is -2.19. The number of rotatable bonds is 7. The van der Waals surface area contributed by atoms with Gasteiger partial charge in [0, 0.05) is 18.0 Å². The number of nitrogens with two attached hydrogens (primary N) is 2. The highest BCUT2D eigenvalue weighted by molar-refractivity contribution is 7.18. The highest BCUT2D eigenvalue weighted by Gasteiger charge is 2.30. The predicted molar refractivity (Wildman–Crippen MR) is 112 cm³/mol. The van der Waals surface area contributed by atoms with Gasteiger partial charge in [-0.3, -0.25) is 9.48 Å². The number of nitrogens with zero attached hydrogens (tertiary/aromatic N) is 2. The van der Waals surface area contributed by atoms with E-state index in [2.05, 4.69) is 5.10 Å². The molecule has 5 nitrogen and oxygen atoms in total. The van der Waals surface area contributed by atoms with E-state index < -0.39 is 5.91 Å². The molecule has 28 heavy (non-hydrogen) atoms. The quantitative estimate of drug-likeness (QED) is 0.568. The van der Waals surface area contributed by atoms with Gasteiger partial charge in [0.25, 0.3) is 5.91 Å². The zero-order valence-electron chi connectivity index (χ0n) is 15.1. The summed E-state index contributed by atoms with van der Waals surface area (Å²) in [7, 11) is 0. The average Bonchev–Trinajstić information content (AvgIpc) is 3.20. The Labute approximate surface area is 176 Å². The number of hydrogen-bond acceptors (Lipinski definition) is 4. The Hall–Kier alpha value is -1.93. The molecule has 2 aromatic heterocycles. The Kier molecular flexibility index (Phi) is 6.40. The number of amides is 1. The third-order valence-electron chi connectivity index (χ3n) is 4.55. The topological polar surface area (TPSA) is 86.9 Å². The maximum atomic E-state index is 13.3. The molecule has 4 N–H and O–H groups in total. The summed E-state index contributed by atoms with van der Waals surface area (Å²) in [6.45, 7) is 2.75. The van der Waals surface area contributed by atoms with Crippen LogP contribution in [0.2, 0.25) is 9.36 Å². The van der Waals surface area contributed by atoms with Crippen LogP contribution in [0, 0.1) is 5.82 Å². The molecule has 3 rings (SSSR count). The molecule has 2 heterocycles. The van der Waals surface area contributed by atoms with Crippen molar-refractivity contribution in [1.29, 1.82) is 0 Å². The Bertz CT molecular complexity index is 1000. The van der Waals surface area contributed by atoms with Crippen molar-refractivity contribution in [3.8, 4) is 11.3 Å². The van der Waals surface area contributed by atoms with Crippen LogP contribution in [-0.4, -0.2) is 22.2 Å². The number of primary amides is 1. The average molecular weight is 441 g/mol. The van der Waals surface area contributed by atoms with Gasteiger partial charge in [0.2, 0.25) is 0 Å². The summed E-state index contributed by atoms with van der Waals surface area (Å²) in [5.41, 5.74) is 14.5. The van der Waals surface area contributed by atoms with Crippen molar-refractivity contribution >= 4 is 40.4 Å². The van der Waals surface area contributed by atoms with Crippen LogP contribution in [-0.2, 0) is 13.0 Å². The second-order valence-electron chi connectivity index (χ2n) is 6.28. The Morgan fingerprint density at radius 2 is 2.00 bits per heavy atom. The molecule has 0 aliphatic carbocycles. The third-order valence-corrected chi connectivity index (χ3v) is 6.25. The molecule has 1 atom stereocenters. The standard InChI is InChI=1S/C19H19Cl2FN4OS/c1-2-26-16(13(20)9-25-26)15-14(17(19(24)27)28-18(15)21)11(8-23)7-10-3-5-12(22)6-4-10/h3-6,9,11H,2,7-8,23H2,1H3,(H2,24,27)/t11-/m1/s1. The summed E-state index contributed by atoms with van der Waals surface area (Å²) in [5, 5.41) is 4.69. The monoisotopic (exact) mass is 440 g/mol. The zero-order valence-corrected chi connectivity index (χ0v) is 17.4. The minimum absolute atomic E-state index is 0.246. The van der Waals surface area contributed by atoms with E-state index in [0.717, 1.165) is 16.9 Å². The minimum atomic E-state index is -0.579. The zero-order chi connectivity index (χ0) is 20.4. The Morgan fingerprint density at radius 1 is 1.32 bits per heavy atom. The number of aryl methyl sites for hydroxylation is 1. The number of carbonyl (C=O) groups excluding carboxylic acids is 1. The summed E-state index contributed by atoms with van der Waals surface area (Å²) in [6, 6.07) is 6.17. The SMILES string of the molecule is CCn1ncc(Cl)c1-c1c(Cl)sc(C(N)=O)c1[C@@H](CN)Cc1ccc(F)cc1. The molecule has 0 spiro atoms. The van der Waals surface area contributed by atoms with Crippen molar-refractivity contribution in [3.63, 3.8) is 0 Å². The molecule has 1 amide bonds. The van der Waals surface area contributed by atoms with Gasteiger partial charge in [-0.05, 0) is 43.1 Å². The molecular weight excluding hydrogens is 422 g/mol. The summed E-state index contributed by atoms with van der Waals surface area (Å²) in [5.74, 6) is -1.16. The first-order chi connectivity index (χ1) is 13.4. The first-order valence-corrected chi connectivity index (χ1v) is 10.2. The fraction of sp³-hybridized carbons (Fsp3) is 0.263. The van der Waals surface area contributed by atoms with E-state index in [1.54, 1.807) is 23.0 Å². The Morgan fingerprint density at radius 3 is 2.57 bits per heavy atom. The van der Waals surface area contributed by atoms with Crippen molar-refractivity contribution in [3.05, 3.63) is 61.6 Å². The summed E-state index contributed by atoms with van der Waals surface area (Å²) in [4.78, 5) is 12.5. The van der Waals surface area contributed by atoms with Crippen molar-refractivity contribution in [1.82, 2.24) is 9.78 Å². The number of benzene rings is 1. The first-order valence-electron chi connectivity index (χ1n) is 8.65. The molecule has 0 aliphatic rings. The van der Waals surface area contributed by atoms with E-state index in [-0.39, 0.29) is 18.3 Å². The van der Waals surface area contributed by atoms with Crippen LogP contribution in [0.3, 0.4) is 0 Å². The summed E-state index contributed by atoms with van der Waals surface area (Å²) in [6.07, 6.45) is 2.04. The van der Waals surface area contributed by atoms with Gasteiger partial charge in [-0.2, -0.15) is 5.10 Å². The molecular formula is C19H19Cl2FN4OS. The van der Waals surface area contributed by atoms with E-state index in [9.17, 15) is 9.18 Å². The van der Waals surface area contributed by atoms with Crippen LogP contribution in [0.15, 0.2) is 30.5 Å². The molecule has 148 valence electrons. The van der Waals surface area contributed by atoms with Gasteiger partial charge in [0.1, 0.15) is 10.2 Å². The van der Waals surface area contributed by atoms with Crippen LogP contribution in [0.1, 0.15) is 33.6 Å². The lowest BCUT2D eigenvalue weighted by molar-refractivity contribution is 0.100. The molecule has 0 fully saturated rings. The predicted octanol–water partition coefficient (Wildman–Crippen LogP) is 4.46. The molecule has 1 aromatic carbocycles. The molecule has 0 bridgehead atoms. The molecule has 3 aromatic rings. The smallest absolute Gasteiger partial charge is 0.259 e. The van der Waals surface area contributed by atoms with E-state index in [0.29, 0.717) is 44.0 Å². The Balaban J connectivity index is 2.18. The van der Waals surface area contributed by atoms with Crippen LogP contribution in [0.4, 0.5) is 4.39 Å². The largest absolute Gasteiger partial charge is 0.365 e. The van der Waals surface area contributed by atoms with Crippen molar-refractivity contribution in [2.75, 3.05) is 6.54 Å². The normalized spacial score (nSPS) is 12.3. The molecule has 0 unspecified atom stereocenters. The van der Waals surface area contributed by atoms with Crippen LogP contribution in [0.5, 0.6) is 0 Å². The number of hydrogen-bond donors (Lipinski definition) is 2. The molecule has 0 saturated carbocycles. The van der Waals surface area contributed by atoms with E-state index in [1.807, 2.05) is 6.92 Å². The van der Waals surface area contributed by atoms with Crippen molar-refractivity contribution in [2.45, 2.75) is 25.8 Å². The van der Waals surface area contributed by atoms with Crippen molar-refractivity contribution < 1.29 is 9.18 Å². The minimum Gasteiger partial charge on any atom is -0.365 e. The fourth-order valence-corrected chi connectivity index (χ4v) is 4.89. The van der Waals surface area contributed by atoms with Crippen LogP contribution in [0.25, 0.3) is 11.3 Å². The lowest BCUT2D eigenvalue weighted by Crippen LogP contribution is -2.20. The number of carbonyl (C=O) groups is 1. The summed E-state index contributed by atoms with van der Waals surface area (Å²) >= 11 is 14.0. The van der Waals surface area contributed by atoms with Crippen molar-refractivity contribution in [2.24, 2.45) is 11.5 Å². The van der Waals surface area contributed by atoms with Gasteiger partial charge in [0.05, 0.1) is 21.8 Å². The van der Waals surface area contributed by atoms with E-state index in [1.165, 1.54) is 12.1 Å². The van der Waals surface area contributed by atoms with Gasteiger partial charge in [-0.15, -0.1) is 11.3 Å². The second kappa shape index (κ2) is 8.61. The van der Waals surface area contributed by atoms with E-state index >= 15 is 0 Å². The highest BCUT2D eigenvalue weighted by atomic mass is 35.5. The molecule has 0 aliphatic heterocycles. The second-order valence-corrected chi connectivity index (χ2v) is 8.31. The highest BCUT2D eigenvalue weighted by Crippen LogP contribution is 2.46. The van der Waals surface area contributed by atoms with Crippen LogP contribution < -0.4 is 11.5 Å².